The van der Waals surface area contributed by atoms with E-state index in [1.807, 2.05) is 36.4 Å². The molecule has 0 fully saturated rings. The van der Waals surface area contributed by atoms with Gasteiger partial charge in [0, 0.05) is 23.5 Å². The molecular weight excluding hydrogens is 318 g/mol. The van der Waals surface area contributed by atoms with E-state index in [-0.39, 0.29) is 0 Å². The molecule has 108 valence electrons. The molecule has 2 aromatic rings. The van der Waals surface area contributed by atoms with Crippen molar-refractivity contribution in [1.29, 1.82) is 0 Å². The van der Waals surface area contributed by atoms with Gasteiger partial charge in [0.05, 0.1) is 12.4 Å². The van der Waals surface area contributed by atoms with Crippen molar-refractivity contribution in [3.05, 3.63) is 58.5 Å². The van der Waals surface area contributed by atoms with Gasteiger partial charge in [-0.05, 0) is 43.2 Å². The summed E-state index contributed by atoms with van der Waals surface area (Å²) in [5.41, 5.74) is 0.921. The lowest BCUT2D eigenvalue weighted by Crippen LogP contribution is -2.30. The van der Waals surface area contributed by atoms with Crippen molar-refractivity contribution in [1.82, 2.24) is 5.32 Å². The molecule has 4 heteroatoms. The highest BCUT2D eigenvalue weighted by Gasteiger charge is 2.10. The van der Waals surface area contributed by atoms with E-state index in [1.165, 1.54) is 0 Å². The van der Waals surface area contributed by atoms with Crippen molar-refractivity contribution in [3.63, 3.8) is 0 Å². The SMILES string of the molecule is CC(CCc1ccco1)NCC(O)c1cccc(Br)c1. The van der Waals surface area contributed by atoms with Crippen LogP contribution in [0.25, 0.3) is 0 Å². The number of aliphatic hydroxyl groups excluding tert-OH is 1. The van der Waals surface area contributed by atoms with Crippen LogP contribution in [0.15, 0.2) is 51.6 Å². The van der Waals surface area contributed by atoms with E-state index in [9.17, 15) is 5.11 Å². The third kappa shape index (κ3) is 4.78. The first-order chi connectivity index (χ1) is 9.65. The highest BCUT2D eigenvalue weighted by Crippen LogP contribution is 2.17. The van der Waals surface area contributed by atoms with Crippen LogP contribution in [0.4, 0.5) is 0 Å². The molecule has 0 saturated heterocycles. The van der Waals surface area contributed by atoms with Gasteiger partial charge in [-0.15, -0.1) is 0 Å². The van der Waals surface area contributed by atoms with E-state index in [2.05, 4.69) is 28.2 Å². The summed E-state index contributed by atoms with van der Waals surface area (Å²) in [4.78, 5) is 0. The number of furan rings is 1. The zero-order valence-corrected chi connectivity index (χ0v) is 13.1. The predicted octanol–water partition coefficient (Wildman–Crippen LogP) is 3.69. The van der Waals surface area contributed by atoms with Gasteiger partial charge >= 0.3 is 0 Å². The number of aryl methyl sites for hydroxylation is 1. The second-order valence-corrected chi connectivity index (χ2v) is 5.91. The van der Waals surface area contributed by atoms with Crippen LogP contribution in [-0.2, 0) is 6.42 Å². The number of hydrogen-bond donors (Lipinski definition) is 2. The lowest BCUT2D eigenvalue weighted by molar-refractivity contribution is 0.170. The summed E-state index contributed by atoms with van der Waals surface area (Å²) in [6, 6.07) is 12.0. The fourth-order valence-electron chi connectivity index (χ4n) is 2.06. The average molecular weight is 338 g/mol. The summed E-state index contributed by atoms with van der Waals surface area (Å²) in [6.07, 6.45) is 3.11. The maximum absolute atomic E-state index is 10.1. The predicted molar refractivity (Wildman–Crippen MR) is 83.6 cm³/mol. The summed E-state index contributed by atoms with van der Waals surface area (Å²) in [5, 5.41) is 13.5. The van der Waals surface area contributed by atoms with Gasteiger partial charge in [0.1, 0.15) is 5.76 Å². The third-order valence-electron chi connectivity index (χ3n) is 3.30. The average Bonchev–Trinajstić information content (AvgIpc) is 2.95. The van der Waals surface area contributed by atoms with Crippen LogP contribution in [0.3, 0.4) is 0 Å². The molecule has 0 radical (unpaired) electrons. The topological polar surface area (TPSA) is 45.4 Å². The number of rotatable bonds is 7. The van der Waals surface area contributed by atoms with Crippen LogP contribution < -0.4 is 5.32 Å². The summed E-state index contributed by atoms with van der Waals surface area (Å²) >= 11 is 3.42. The summed E-state index contributed by atoms with van der Waals surface area (Å²) in [6.45, 7) is 2.67. The molecule has 1 aromatic carbocycles. The van der Waals surface area contributed by atoms with E-state index < -0.39 is 6.10 Å². The van der Waals surface area contributed by atoms with Crippen LogP contribution in [-0.4, -0.2) is 17.7 Å². The van der Waals surface area contributed by atoms with Gasteiger partial charge in [-0.1, -0.05) is 28.1 Å². The van der Waals surface area contributed by atoms with E-state index in [0.29, 0.717) is 12.6 Å². The van der Waals surface area contributed by atoms with Crippen molar-refractivity contribution in [2.75, 3.05) is 6.54 Å². The van der Waals surface area contributed by atoms with Gasteiger partial charge in [-0.25, -0.2) is 0 Å². The molecule has 0 bridgehead atoms. The molecule has 2 unspecified atom stereocenters. The van der Waals surface area contributed by atoms with Crippen molar-refractivity contribution < 1.29 is 9.52 Å². The highest BCUT2D eigenvalue weighted by atomic mass is 79.9. The molecule has 0 aliphatic rings. The van der Waals surface area contributed by atoms with Gasteiger partial charge < -0.3 is 14.8 Å². The Labute approximate surface area is 128 Å². The van der Waals surface area contributed by atoms with Gasteiger partial charge in [-0.3, -0.25) is 0 Å². The Morgan fingerprint density at radius 3 is 2.85 bits per heavy atom. The molecule has 0 aliphatic heterocycles. The molecule has 1 heterocycles. The minimum Gasteiger partial charge on any atom is -0.469 e. The van der Waals surface area contributed by atoms with Crippen LogP contribution in [0.2, 0.25) is 0 Å². The second-order valence-electron chi connectivity index (χ2n) is 5.00. The number of nitrogens with one attached hydrogen (secondary N) is 1. The monoisotopic (exact) mass is 337 g/mol. The highest BCUT2D eigenvalue weighted by molar-refractivity contribution is 9.10. The van der Waals surface area contributed by atoms with Crippen molar-refractivity contribution in [2.24, 2.45) is 0 Å². The van der Waals surface area contributed by atoms with Gasteiger partial charge in [0.15, 0.2) is 0 Å². The maximum Gasteiger partial charge on any atom is 0.103 e. The smallest absolute Gasteiger partial charge is 0.103 e. The Morgan fingerprint density at radius 1 is 1.30 bits per heavy atom. The fourth-order valence-corrected chi connectivity index (χ4v) is 2.48. The molecule has 0 aliphatic carbocycles. The Bertz CT molecular complexity index is 513. The summed E-state index contributed by atoms with van der Waals surface area (Å²) in [5.74, 6) is 1.01. The Morgan fingerprint density at radius 2 is 2.15 bits per heavy atom. The van der Waals surface area contributed by atoms with Crippen molar-refractivity contribution in [3.8, 4) is 0 Å². The van der Waals surface area contributed by atoms with Crippen molar-refractivity contribution in [2.45, 2.75) is 31.9 Å². The summed E-state index contributed by atoms with van der Waals surface area (Å²) in [7, 11) is 0. The van der Waals surface area contributed by atoms with Crippen molar-refractivity contribution >= 4 is 15.9 Å². The molecule has 3 nitrogen and oxygen atoms in total. The zero-order chi connectivity index (χ0) is 14.4. The van der Waals surface area contributed by atoms with E-state index in [4.69, 9.17) is 4.42 Å². The number of hydrogen-bond acceptors (Lipinski definition) is 3. The van der Waals surface area contributed by atoms with Gasteiger partial charge in [0.2, 0.25) is 0 Å². The van der Waals surface area contributed by atoms with Crippen LogP contribution in [0, 0.1) is 0 Å². The first-order valence-electron chi connectivity index (χ1n) is 6.84. The van der Waals surface area contributed by atoms with Gasteiger partial charge in [0.25, 0.3) is 0 Å². The Balaban J connectivity index is 1.73. The first-order valence-corrected chi connectivity index (χ1v) is 7.64. The number of aliphatic hydroxyl groups is 1. The maximum atomic E-state index is 10.1. The fraction of sp³-hybridized carbons (Fsp3) is 0.375. The van der Waals surface area contributed by atoms with E-state index in [1.54, 1.807) is 6.26 Å². The Kier molecular flexibility index (Phi) is 5.83. The molecular formula is C16H20BrNO2. The quantitative estimate of drug-likeness (QED) is 0.809. The molecule has 0 spiro atoms. The molecule has 0 saturated carbocycles. The minimum atomic E-state index is -0.487. The normalized spacial score (nSPS) is 14.2. The standard InChI is InChI=1S/C16H20BrNO2/c1-12(7-8-15-6-3-9-20-15)18-11-16(19)13-4-2-5-14(17)10-13/h2-6,9-10,12,16,18-19H,7-8,11H2,1H3. The van der Waals surface area contributed by atoms with Crippen LogP contribution in [0.1, 0.15) is 30.8 Å². The lowest BCUT2D eigenvalue weighted by atomic mass is 10.1. The zero-order valence-electron chi connectivity index (χ0n) is 11.6. The van der Waals surface area contributed by atoms with Crippen LogP contribution >= 0.6 is 15.9 Å². The minimum absolute atomic E-state index is 0.335. The molecule has 2 N–H and O–H groups in total. The molecule has 2 atom stereocenters. The van der Waals surface area contributed by atoms with E-state index in [0.717, 1.165) is 28.6 Å². The lowest BCUT2D eigenvalue weighted by Gasteiger charge is -2.17. The Hall–Kier alpha value is -1.10. The molecule has 2 rings (SSSR count). The second kappa shape index (κ2) is 7.62. The summed E-state index contributed by atoms with van der Waals surface area (Å²) < 4.78 is 6.30. The number of halogens is 1. The molecule has 0 amide bonds. The molecule has 1 aromatic heterocycles. The van der Waals surface area contributed by atoms with E-state index >= 15 is 0 Å². The number of benzene rings is 1. The third-order valence-corrected chi connectivity index (χ3v) is 3.79. The first kappa shape index (κ1) is 15.3. The van der Waals surface area contributed by atoms with Gasteiger partial charge in [-0.2, -0.15) is 0 Å². The molecule has 20 heavy (non-hydrogen) atoms. The van der Waals surface area contributed by atoms with Crippen LogP contribution in [0.5, 0.6) is 0 Å². The largest absolute Gasteiger partial charge is 0.469 e.